The quantitative estimate of drug-likeness (QED) is 0.574. The van der Waals surface area contributed by atoms with Crippen LogP contribution in [0.1, 0.15) is 6.92 Å². The first kappa shape index (κ1) is 10.9. The first-order chi connectivity index (χ1) is 7.00. The number of nitrogens with zero attached hydrogens (tertiary/aromatic N) is 1. The third kappa shape index (κ3) is 2.91. The molecular formula is C10H9NO4. The Labute approximate surface area is 85.7 Å². The Bertz CT molecular complexity index is 404. The number of carboxylic acids is 1. The van der Waals surface area contributed by atoms with Crippen LogP contribution in [0.15, 0.2) is 29.3 Å². The summed E-state index contributed by atoms with van der Waals surface area (Å²) in [6.45, 7) is 1.13. The fourth-order valence-corrected chi connectivity index (χ4v) is 0.933. The summed E-state index contributed by atoms with van der Waals surface area (Å²) in [5, 5.41) is 17.6. The molecule has 1 rings (SSSR count). The second kappa shape index (κ2) is 4.36. The van der Waals surface area contributed by atoms with Crippen molar-refractivity contribution < 1.29 is 19.8 Å². The minimum absolute atomic E-state index is 0.0497. The lowest BCUT2D eigenvalue weighted by Gasteiger charge is -1.97. The van der Waals surface area contributed by atoms with Crippen LogP contribution in [0, 0.1) is 0 Å². The van der Waals surface area contributed by atoms with Gasteiger partial charge in [0.25, 0.3) is 0 Å². The number of phenolic OH excluding ortho intramolecular Hbond substituents is 1. The number of carboxylic acid groups (broad SMARTS) is 1. The number of hydrogen-bond donors (Lipinski definition) is 2. The second-order valence-corrected chi connectivity index (χ2v) is 2.84. The van der Waals surface area contributed by atoms with Crippen molar-refractivity contribution in [2.24, 2.45) is 4.99 Å². The number of benzene rings is 1. The highest BCUT2D eigenvalue weighted by Gasteiger charge is 2.14. The first-order valence-electron chi connectivity index (χ1n) is 4.12. The molecule has 0 aliphatic carbocycles. The minimum Gasteiger partial charge on any atom is -0.508 e. The largest absolute Gasteiger partial charge is 0.508 e. The summed E-state index contributed by atoms with van der Waals surface area (Å²) in [4.78, 5) is 25.2. The fraction of sp³-hybridized carbons (Fsp3) is 0.100. The molecular weight excluding hydrogens is 198 g/mol. The molecule has 0 aliphatic heterocycles. The molecule has 15 heavy (non-hydrogen) atoms. The zero-order valence-electron chi connectivity index (χ0n) is 7.97. The van der Waals surface area contributed by atoms with Crippen molar-refractivity contribution in [3.05, 3.63) is 24.3 Å². The Balaban J connectivity index is 3.08. The number of phenols is 1. The maximum absolute atomic E-state index is 10.9. The number of ketones is 1. The molecule has 0 unspecified atom stereocenters. The molecule has 0 heterocycles. The van der Waals surface area contributed by atoms with Gasteiger partial charge in [-0.15, -0.1) is 0 Å². The van der Waals surface area contributed by atoms with E-state index in [-0.39, 0.29) is 5.75 Å². The standard InChI is InChI=1S/C10H9NO4/c1-6(12)9(10(14)15)11-7-2-4-8(13)5-3-7/h2-5,13H,1H3,(H,14,15). The highest BCUT2D eigenvalue weighted by Crippen LogP contribution is 2.16. The van der Waals surface area contributed by atoms with Crippen LogP contribution < -0.4 is 0 Å². The number of aliphatic imine (C=N–C) groups is 1. The van der Waals surface area contributed by atoms with Gasteiger partial charge in [0.2, 0.25) is 0 Å². The number of carbonyl (C=O) groups is 2. The van der Waals surface area contributed by atoms with E-state index in [1.165, 1.54) is 24.3 Å². The van der Waals surface area contributed by atoms with Gasteiger partial charge in [-0.2, -0.15) is 0 Å². The highest BCUT2D eigenvalue weighted by molar-refractivity contribution is 6.63. The number of aromatic hydroxyl groups is 1. The lowest BCUT2D eigenvalue weighted by atomic mass is 10.2. The molecule has 0 spiro atoms. The van der Waals surface area contributed by atoms with Gasteiger partial charge in [0, 0.05) is 6.92 Å². The summed E-state index contributed by atoms with van der Waals surface area (Å²) in [6, 6.07) is 5.55. The van der Waals surface area contributed by atoms with Crippen LogP contribution >= 0.6 is 0 Å². The predicted octanol–water partition coefficient (Wildman–Crippen LogP) is 1.14. The van der Waals surface area contributed by atoms with E-state index in [0.717, 1.165) is 6.92 Å². The van der Waals surface area contributed by atoms with E-state index in [1.807, 2.05) is 0 Å². The molecule has 1 aromatic rings. The Morgan fingerprint density at radius 1 is 1.20 bits per heavy atom. The average molecular weight is 207 g/mol. The highest BCUT2D eigenvalue weighted by atomic mass is 16.4. The molecule has 0 fully saturated rings. The molecule has 5 nitrogen and oxygen atoms in total. The van der Waals surface area contributed by atoms with E-state index in [1.54, 1.807) is 0 Å². The van der Waals surface area contributed by atoms with Crippen molar-refractivity contribution in [3.63, 3.8) is 0 Å². The van der Waals surface area contributed by atoms with Crippen molar-refractivity contribution in [1.29, 1.82) is 0 Å². The number of Topliss-reactive ketones (excluding diaryl/α,β-unsaturated/α-hetero) is 1. The van der Waals surface area contributed by atoms with Crippen LogP contribution in [0.5, 0.6) is 5.75 Å². The van der Waals surface area contributed by atoms with E-state index in [4.69, 9.17) is 10.2 Å². The average Bonchev–Trinajstić information content (AvgIpc) is 2.15. The second-order valence-electron chi connectivity index (χ2n) is 2.84. The summed E-state index contributed by atoms with van der Waals surface area (Å²) in [5.41, 5.74) is -0.221. The maximum Gasteiger partial charge on any atom is 0.358 e. The van der Waals surface area contributed by atoms with Crippen molar-refractivity contribution >= 4 is 23.2 Å². The molecule has 0 aromatic heterocycles. The molecule has 1 aromatic carbocycles. The zero-order valence-corrected chi connectivity index (χ0v) is 7.97. The van der Waals surface area contributed by atoms with Crippen molar-refractivity contribution in [1.82, 2.24) is 0 Å². The summed E-state index contributed by atoms with van der Waals surface area (Å²) < 4.78 is 0. The molecule has 5 heteroatoms. The third-order valence-electron chi connectivity index (χ3n) is 1.63. The Hall–Kier alpha value is -2.17. The molecule has 0 saturated carbocycles. The van der Waals surface area contributed by atoms with E-state index in [2.05, 4.69) is 4.99 Å². The van der Waals surface area contributed by atoms with Crippen molar-refractivity contribution in [3.8, 4) is 5.75 Å². The van der Waals surface area contributed by atoms with Crippen LogP contribution in [0.3, 0.4) is 0 Å². The smallest absolute Gasteiger partial charge is 0.358 e. The number of rotatable bonds is 3. The van der Waals surface area contributed by atoms with Gasteiger partial charge in [-0.1, -0.05) is 0 Å². The van der Waals surface area contributed by atoms with E-state index in [0.29, 0.717) is 5.69 Å². The number of aliphatic carboxylic acids is 1. The predicted molar refractivity (Wildman–Crippen MR) is 53.5 cm³/mol. The molecule has 0 atom stereocenters. The first-order valence-corrected chi connectivity index (χ1v) is 4.12. The summed E-state index contributed by atoms with van der Waals surface area (Å²) >= 11 is 0. The van der Waals surface area contributed by atoms with Crippen LogP contribution in [0.2, 0.25) is 0 Å². The van der Waals surface area contributed by atoms with Gasteiger partial charge in [0.15, 0.2) is 11.5 Å². The fourth-order valence-electron chi connectivity index (χ4n) is 0.933. The van der Waals surface area contributed by atoms with Gasteiger partial charge in [-0.3, -0.25) is 4.79 Å². The lowest BCUT2D eigenvalue weighted by Crippen LogP contribution is -2.20. The molecule has 0 aliphatic rings. The third-order valence-corrected chi connectivity index (χ3v) is 1.63. The molecule has 0 bridgehead atoms. The van der Waals surface area contributed by atoms with Gasteiger partial charge >= 0.3 is 5.97 Å². The maximum atomic E-state index is 10.9. The topological polar surface area (TPSA) is 87.0 Å². The Kier molecular flexibility index (Phi) is 3.17. The molecule has 78 valence electrons. The monoisotopic (exact) mass is 207 g/mol. The van der Waals surface area contributed by atoms with E-state index in [9.17, 15) is 9.59 Å². The van der Waals surface area contributed by atoms with Gasteiger partial charge in [-0.25, -0.2) is 9.79 Å². The van der Waals surface area contributed by atoms with Gasteiger partial charge in [0.05, 0.1) is 5.69 Å². The number of hydrogen-bond acceptors (Lipinski definition) is 4. The molecule has 2 N–H and O–H groups in total. The normalized spacial score (nSPS) is 11.1. The SMILES string of the molecule is CC(=O)C(=Nc1ccc(O)cc1)C(=O)O. The van der Waals surface area contributed by atoms with Crippen LogP contribution in [-0.4, -0.2) is 27.7 Å². The van der Waals surface area contributed by atoms with E-state index >= 15 is 0 Å². The summed E-state index contributed by atoms with van der Waals surface area (Å²) in [5.74, 6) is -1.93. The van der Waals surface area contributed by atoms with Crippen molar-refractivity contribution in [2.45, 2.75) is 6.92 Å². The van der Waals surface area contributed by atoms with Crippen LogP contribution in [0.25, 0.3) is 0 Å². The molecule has 0 saturated heterocycles. The number of carbonyl (C=O) groups excluding carboxylic acids is 1. The lowest BCUT2D eigenvalue weighted by molar-refractivity contribution is -0.130. The zero-order chi connectivity index (χ0) is 11.4. The van der Waals surface area contributed by atoms with Crippen LogP contribution in [-0.2, 0) is 9.59 Å². The van der Waals surface area contributed by atoms with Crippen molar-refractivity contribution in [2.75, 3.05) is 0 Å². The molecule has 0 amide bonds. The van der Waals surface area contributed by atoms with Gasteiger partial charge < -0.3 is 10.2 Å². The molecule has 0 radical (unpaired) electrons. The van der Waals surface area contributed by atoms with Gasteiger partial charge in [0.1, 0.15) is 5.75 Å². The Morgan fingerprint density at radius 3 is 2.13 bits per heavy atom. The van der Waals surface area contributed by atoms with Crippen LogP contribution in [0.4, 0.5) is 5.69 Å². The minimum atomic E-state index is -1.37. The van der Waals surface area contributed by atoms with Gasteiger partial charge in [-0.05, 0) is 24.3 Å². The summed E-state index contributed by atoms with van der Waals surface area (Å²) in [6.07, 6.45) is 0. The summed E-state index contributed by atoms with van der Waals surface area (Å²) in [7, 11) is 0. The Morgan fingerprint density at radius 2 is 1.73 bits per heavy atom. The van der Waals surface area contributed by atoms with E-state index < -0.39 is 17.5 Å².